The number of pyridine rings is 1. The second-order valence-corrected chi connectivity index (χ2v) is 4.65. The average molecular weight is 214 g/mol. The summed E-state index contributed by atoms with van der Waals surface area (Å²) < 4.78 is 0. The highest BCUT2D eigenvalue weighted by molar-refractivity contribution is 6.25. The second-order valence-electron chi connectivity index (χ2n) is 4.65. The zero-order valence-electron chi connectivity index (χ0n) is 10.4. The number of nitrogens with zero attached hydrogens (tertiary/aromatic N) is 2. The molecule has 0 spiro atoms. The maximum absolute atomic E-state index is 4.50. The fourth-order valence-electron chi connectivity index (χ4n) is 2.22. The summed E-state index contributed by atoms with van der Waals surface area (Å²) in [5.74, 6) is 0.449. The third-order valence-electron chi connectivity index (χ3n) is 3.00. The van der Waals surface area contributed by atoms with E-state index in [1.807, 2.05) is 12.3 Å². The van der Waals surface area contributed by atoms with E-state index in [0.717, 1.165) is 12.3 Å². The van der Waals surface area contributed by atoms with Gasteiger partial charge in [0.05, 0.1) is 12.2 Å². The first-order valence-corrected chi connectivity index (χ1v) is 5.77. The molecule has 0 unspecified atom stereocenters. The van der Waals surface area contributed by atoms with Crippen molar-refractivity contribution < 1.29 is 0 Å². The summed E-state index contributed by atoms with van der Waals surface area (Å²) in [4.78, 5) is 8.99. The van der Waals surface area contributed by atoms with Crippen LogP contribution in [-0.4, -0.2) is 17.2 Å². The molecule has 0 N–H and O–H groups in total. The molecule has 0 aliphatic carbocycles. The molecule has 0 radical (unpaired) electrons. The molecule has 1 aromatic heterocycles. The lowest BCUT2D eigenvalue weighted by Gasteiger charge is -2.13. The quantitative estimate of drug-likeness (QED) is 0.740. The van der Waals surface area contributed by atoms with Crippen LogP contribution in [0.1, 0.15) is 44.9 Å². The van der Waals surface area contributed by atoms with Gasteiger partial charge in [-0.15, -0.1) is 0 Å². The Kier molecular flexibility index (Phi) is 2.90. The van der Waals surface area contributed by atoms with Crippen LogP contribution in [0.5, 0.6) is 0 Å². The summed E-state index contributed by atoms with van der Waals surface area (Å²) in [6.07, 6.45) is 1.87. The standard InChI is InChI=1S/C14H18N2/c1-9(2)14-12(6-5-7-15-14)13-10(3)8-16-11(13)4/h5-7,9H,8H2,1-4H3. The molecule has 1 aliphatic rings. The van der Waals surface area contributed by atoms with Crippen LogP contribution in [0.2, 0.25) is 0 Å². The van der Waals surface area contributed by atoms with E-state index in [0.29, 0.717) is 5.92 Å². The topological polar surface area (TPSA) is 25.2 Å². The minimum absolute atomic E-state index is 0.449. The molecule has 0 fully saturated rings. The highest BCUT2D eigenvalue weighted by Gasteiger charge is 2.19. The van der Waals surface area contributed by atoms with E-state index in [1.54, 1.807) is 0 Å². The van der Waals surface area contributed by atoms with Gasteiger partial charge in [-0.3, -0.25) is 9.98 Å². The third kappa shape index (κ3) is 1.80. The number of allylic oxidation sites excluding steroid dienone is 1. The van der Waals surface area contributed by atoms with Crippen molar-refractivity contribution in [2.75, 3.05) is 6.54 Å². The van der Waals surface area contributed by atoms with Crippen molar-refractivity contribution in [1.29, 1.82) is 0 Å². The van der Waals surface area contributed by atoms with E-state index in [2.05, 4.69) is 43.7 Å². The van der Waals surface area contributed by atoms with E-state index in [9.17, 15) is 0 Å². The van der Waals surface area contributed by atoms with Crippen molar-refractivity contribution in [1.82, 2.24) is 4.98 Å². The first kappa shape index (κ1) is 11.1. The van der Waals surface area contributed by atoms with E-state index in [-0.39, 0.29) is 0 Å². The molecule has 0 atom stereocenters. The molecular formula is C14H18N2. The van der Waals surface area contributed by atoms with Crippen LogP contribution in [0.4, 0.5) is 0 Å². The Labute approximate surface area is 97.1 Å². The van der Waals surface area contributed by atoms with Gasteiger partial charge < -0.3 is 0 Å². The number of hydrogen-bond acceptors (Lipinski definition) is 2. The van der Waals surface area contributed by atoms with Crippen molar-refractivity contribution >= 4 is 11.3 Å². The Morgan fingerprint density at radius 1 is 1.25 bits per heavy atom. The van der Waals surface area contributed by atoms with Gasteiger partial charge in [-0.25, -0.2) is 0 Å². The second kappa shape index (κ2) is 4.20. The summed E-state index contributed by atoms with van der Waals surface area (Å²) in [5.41, 5.74) is 6.23. The molecule has 84 valence electrons. The van der Waals surface area contributed by atoms with Crippen LogP contribution in [0.25, 0.3) is 5.57 Å². The van der Waals surface area contributed by atoms with E-state index in [1.165, 1.54) is 22.4 Å². The Morgan fingerprint density at radius 2 is 2.00 bits per heavy atom. The number of aromatic nitrogens is 1. The fraction of sp³-hybridized carbons (Fsp3) is 0.429. The normalized spacial score (nSPS) is 15.9. The number of hydrogen-bond donors (Lipinski definition) is 0. The lowest BCUT2D eigenvalue weighted by Crippen LogP contribution is -2.03. The molecule has 0 bridgehead atoms. The molecule has 16 heavy (non-hydrogen) atoms. The molecule has 2 heteroatoms. The van der Waals surface area contributed by atoms with Gasteiger partial charge in [0, 0.05) is 23.0 Å². The number of aliphatic imine (C=N–C) groups is 1. The molecule has 0 aromatic carbocycles. The smallest absolute Gasteiger partial charge is 0.0610 e. The average Bonchev–Trinajstić information content (AvgIpc) is 2.58. The maximum Gasteiger partial charge on any atom is 0.0610 e. The van der Waals surface area contributed by atoms with Crippen molar-refractivity contribution in [2.45, 2.75) is 33.6 Å². The molecule has 0 amide bonds. The van der Waals surface area contributed by atoms with Gasteiger partial charge in [-0.2, -0.15) is 0 Å². The van der Waals surface area contributed by atoms with Gasteiger partial charge in [0.1, 0.15) is 0 Å². The van der Waals surface area contributed by atoms with E-state index in [4.69, 9.17) is 0 Å². The van der Waals surface area contributed by atoms with Gasteiger partial charge in [0.15, 0.2) is 0 Å². The maximum atomic E-state index is 4.50. The summed E-state index contributed by atoms with van der Waals surface area (Å²) in [6, 6.07) is 4.17. The molecular weight excluding hydrogens is 196 g/mol. The first-order valence-electron chi connectivity index (χ1n) is 5.77. The predicted molar refractivity (Wildman–Crippen MR) is 68.9 cm³/mol. The molecule has 2 nitrogen and oxygen atoms in total. The highest BCUT2D eigenvalue weighted by Crippen LogP contribution is 2.30. The van der Waals surface area contributed by atoms with Gasteiger partial charge in [-0.05, 0) is 31.4 Å². The Bertz CT molecular complexity index is 467. The van der Waals surface area contributed by atoms with E-state index >= 15 is 0 Å². The predicted octanol–water partition coefficient (Wildman–Crippen LogP) is 3.45. The summed E-state index contributed by atoms with van der Waals surface area (Å²) >= 11 is 0. The van der Waals surface area contributed by atoms with Gasteiger partial charge in [0.2, 0.25) is 0 Å². The SMILES string of the molecule is CC1=NCC(C)=C1c1cccnc1C(C)C. The Hall–Kier alpha value is -1.44. The zero-order valence-corrected chi connectivity index (χ0v) is 10.4. The lowest BCUT2D eigenvalue weighted by atomic mass is 9.93. The van der Waals surface area contributed by atoms with Gasteiger partial charge in [-0.1, -0.05) is 19.9 Å². The van der Waals surface area contributed by atoms with Crippen molar-refractivity contribution in [3.05, 3.63) is 35.2 Å². The first-order chi connectivity index (χ1) is 7.61. The Morgan fingerprint density at radius 3 is 2.56 bits per heavy atom. The zero-order chi connectivity index (χ0) is 11.7. The van der Waals surface area contributed by atoms with Crippen LogP contribution < -0.4 is 0 Å². The van der Waals surface area contributed by atoms with Crippen LogP contribution >= 0.6 is 0 Å². The number of rotatable bonds is 2. The molecule has 1 aromatic rings. The monoisotopic (exact) mass is 214 g/mol. The minimum atomic E-state index is 0.449. The molecule has 2 heterocycles. The minimum Gasteiger partial charge on any atom is -0.285 e. The largest absolute Gasteiger partial charge is 0.285 e. The summed E-state index contributed by atoms with van der Waals surface area (Å²) in [6.45, 7) is 9.45. The van der Waals surface area contributed by atoms with Crippen molar-refractivity contribution in [3.8, 4) is 0 Å². The van der Waals surface area contributed by atoms with Crippen molar-refractivity contribution in [3.63, 3.8) is 0 Å². The van der Waals surface area contributed by atoms with Crippen LogP contribution in [0.15, 0.2) is 28.9 Å². The lowest BCUT2D eigenvalue weighted by molar-refractivity contribution is 0.819. The van der Waals surface area contributed by atoms with Gasteiger partial charge >= 0.3 is 0 Å². The van der Waals surface area contributed by atoms with Crippen LogP contribution in [0.3, 0.4) is 0 Å². The Balaban J connectivity index is 2.57. The summed E-state index contributed by atoms with van der Waals surface area (Å²) in [5, 5.41) is 0. The third-order valence-corrected chi connectivity index (χ3v) is 3.00. The van der Waals surface area contributed by atoms with Crippen LogP contribution in [-0.2, 0) is 0 Å². The summed E-state index contributed by atoms with van der Waals surface area (Å²) in [7, 11) is 0. The highest BCUT2D eigenvalue weighted by atomic mass is 14.8. The van der Waals surface area contributed by atoms with Gasteiger partial charge in [0.25, 0.3) is 0 Å². The molecule has 0 saturated heterocycles. The van der Waals surface area contributed by atoms with E-state index < -0.39 is 0 Å². The van der Waals surface area contributed by atoms with Crippen LogP contribution in [0, 0.1) is 0 Å². The van der Waals surface area contributed by atoms with Crippen molar-refractivity contribution in [2.24, 2.45) is 4.99 Å². The fourth-order valence-corrected chi connectivity index (χ4v) is 2.22. The molecule has 0 saturated carbocycles. The molecule has 2 rings (SSSR count). The molecule has 1 aliphatic heterocycles.